The molecule has 0 aliphatic rings. The molecular formula is C22H24Cl2N4O2S. The highest BCUT2D eigenvalue weighted by molar-refractivity contribution is 7.19. The van der Waals surface area contributed by atoms with Crippen LogP contribution in [0.4, 0.5) is 0 Å². The lowest BCUT2D eigenvalue weighted by atomic mass is 10.1. The molecule has 6 nitrogen and oxygen atoms in total. The van der Waals surface area contributed by atoms with Crippen molar-refractivity contribution in [2.24, 2.45) is 5.73 Å². The Kier molecular flexibility index (Phi) is 8.26. The quantitative estimate of drug-likeness (QED) is 0.436. The first-order valence-corrected chi connectivity index (χ1v) is 11.6. The van der Waals surface area contributed by atoms with Gasteiger partial charge in [0.25, 0.3) is 0 Å². The molecule has 0 radical (unpaired) electrons. The number of amides is 2. The molecule has 164 valence electrons. The molecule has 0 saturated carbocycles. The Morgan fingerprint density at radius 1 is 1.10 bits per heavy atom. The number of carbonyl (C=O) groups excluding carboxylic acids is 2. The minimum Gasteiger partial charge on any atom is -0.350 e. The van der Waals surface area contributed by atoms with Crippen LogP contribution in [-0.2, 0) is 22.4 Å². The van der Waals surface area contributed by atoms with E-state index in [0.717, 1.165) is 10.3 Å². The average molecular weight is 479 g/mol. The van der Waals surface area contributed by atoms with E-state index in [1.54, 1.807) is 19.1 Å². The summed E-state index contributed by atoms with van der Waals surface area (Å²) >= 11 is 13.7. The number of hydrogen-bond donors (Lipinski definition) is 3. The van der Waals surface area contributed by atoms with Crippen LogP contribution in [-0.4, -0.2) is 35.4 Å². The van der Waals surface area contributed by atoms with Crippen molar-refractivity contribution in [2.45, 2.75) is 38.3 Å². The minimum atomic E-state index is -0.771. The first-order chi connectivity index (χ1) is 14.9. The van der Waals surface area contributed by atoms with Crippen molar-refractivity contribution in [3.8, 4) is 0 Å². The van der Waals surface area contributed by atoms with Gasteiger partial charge in [-0.25, -0.2) is 4.98 Å². The Labute approximate surface area is 195 Å². The van der Waals surface area contributed by atoms with Crippen LogP contribution < -0.4 is 16.4 Å². The molecular weight excluding hydrogens is 455 g/mol. The van der Waals surface area contributed by atoms with Crippen LogP contribution in [0.5, 0.6) is 0 Å². The highest BCUT2D eigenvalue weighted by Gasteiger charge is 2.25. The lowest BCUT2D eigenvalue weighted by Crippen LogP contribution is -2.52. The zero-order valence-corrected chi connectivity index (χ0v) is 19.4. The predicted molar refractivity (Wildman–Crippen MR) is 127 cm³/mol. The van der Waals surface area contributed by atoms with Gasteiger partial charge in [0.05, 0.1) is 25.3 Å². The van der Waals surface area contributed by atoms with Crippen LogP contribution >= 0.6 is 34.5 Å². The first-order valence-electron chi connectivity index (χ1n) is 9.98. The van der Waals surface area contributed by atoms with Crippen molar-refractivity contribution in [1.82, 2.24) is 15.6 Å². The van der Waals surface area contributed by atoms with E-state index in [1.807, 2.05) is 30.3 Å². The second-order valence-corrected chi connectivity index (χ2v) is 8.99. The van der Waals surface area contributed by atoms with Crippen LogP contribution in [0.1, 0.15) is 23.9 Å². The van der Waals surface area contributed by atoms with Crippen molar-refractivity contribution >= 4 is 56.6 Å². The summed E-state index contributed by atoms with van der Waals surface area (Å²) in [5.74, 6) is -0.508. The summed E-state index contributed by atoms with van der Waals surface area (Å²) in [6.45, 7) is 2.02. The SMILES string of the molecule is CCC(=O)N[C@@H](Cc1nc2ccc(Cl)c(Cl)c2s1)C(=O)N[C@H](CN)Cc1ccccc1. The fourth-order valence-corrected chi connectivity index (χ4v) is 4.68. The number of benzene rings is 2. The lowest BCUT2D eigenvalue weighted by molar-refractivity contribution is -0.129. The van der Waals surface area contributed by atoms with Crippen molar-refractivity contribution in [2.75, 3.05) is 6.54 Å². The number of halogens is 2. The van der Waals surface area contributed by atoms with E-state index in [-0.39, 0.29) is 37.2 Å². The molecule has 2 amide bonds. The Balaban J connectivity index is 1.77. The number of nitrogens with zero attached hydrogens (tertiary/aromatic N) is 1. The van der Waals surface area contributed by atoms with E-state index < -0.39 is 6.04 Å². The standard InChI is InChI=1S/C22H24Cl2N4O2S/c1-2-18(29)27-17(11-19-28-16-9-8-15(23)20(24)21(16)31-19)22(30)26-14(12-25)10-13-6-4-3-5-7-13/h3-9,14,17H,2,10-12,25H2,1H3,(H,26,30)(H,27,29)/t14-,17-/m0/s1. The third-order valence-corrected chi connectivity index (χ3v) is 6.83. The highest BCUT2D eigenvalue weighted by Crippen LogP contribution is 2.34. The zero-order chi connectivity index (χ0) is 22.4. The molecule has 0 bridgehead atoms. The molecule has 3 rings (SSSR count). The molecule has 0 aliphatic carbocycles. The normalized spacial score (nSPS) is 13.0. The number of fused-ring (bicyclic) bond motifs is 1. The first kappa shape index (κ1) is 23.5. The van der Waals surface area contributed by atoms with Gasteiger partial charge in [0, 0.05) is 25.4 Å². The van der Waals surface area contributed by atoms with Gasteiger partial charge >= 0.3 is 0 Å². The topological polar surface area (TPSA) is 97.1 Å². The molecule has 2 aromatic carbocycles. The maximum absolute atomic E-state index is 13.0. The molecule has 0 aliphatic heterocycles. The number of carbonyl (C=O) groups is 2. The molecule has 2 atom stereocenters. The molecule has 3 aromatic rings. The molecule has 4 N–H and O–H groups in total. The Morgan fingerprint density at radius 2 is 1.84 bits per heavy atom. The fraction of sp³-hybridized carbons (Fsp3) is 0.318. The Morgan fingerprint density at radius 3 is 2.52 bits per heavy atom. The lowest BCUT2D eigenvalue weighted by Gasteiger charge is -2.22. The summed E-state index contributed by atoms with van der Waals surface area (Å²) < 4.78 is 0.758. The van der Waals surface area contributed by atoms with E-state index in [9.17, 15) is 9.59 Å². The van der Waals surface area contributed by atoms with Crippen LogP contribution in [0.15, 0.2) is 42.5 Å². The van der Waals surface area contributed by atoms with Crippen LogP contribution in [0.3, 0.4) is 0 Å². The molecule has 9 heteroatoms. The van der Waals surface area contributed by atoms with Crippen molar-refractivity contribution in [1.29, 1.82) is 0 Å². The maximum Gasteiger partial charge on any atom is 0.243 e. The molecule has 0 saturated heterocycles. The Hall–Kier alpha value is -2.19. The second-order valence-electron chi connectivity index (χ2n) is 7.13. The third kappa shape index (κ3) is 6.17. The van der Waals surface area contributed by atoms with Gasteiger partial charge in [-0.1, -0.05) is 60.5 Å². The van der Waals surface area contributed by atoms with E-state index >= 15 is 0 Å². The van der Waals surface area contributed by atoms with Crippen molar-refractivity contribution in [3.05, 3.63) is 63.1 Å². The van der Waals surface area contributed by atoms with Crippen molar-refractivity contribution in [3.63, 3.8) is 0 Å². The monoisotopic (exact) mass is 478 g/mol. The summed E-state index contributed by atoms with van der Waals surface area (Å²) in [4.78, 5) is 29.7. The summed E-state index contributed by atoms with van der Waals surface area (Å²) in [5.41, 5.74) is 7.67. The second kappa shape index (κ2) is 10.9. The van der Waals surface area contributed by atoms with E-state index in [0.29, 0.717) is 27.0 Å². The molecule has 1 heterocycles. The number of hydrogen-bond acceptors (Lipinski definition) is 5. The maximum atomic E-state index is 13.0. The highest BCUT2D eigenvalue weighted by atomic mass is 35.5. The minimum absolute atomic E-state index is 0.213. The van der Waals surface area contributed by atoms with Gasteiger partial charge in [0.2, 0.25) is 11.8 Å². The van der Waals surface area contributed by atoms with Gasteiger partial charge in [0.15, 0.2) is 0 Å². The van der Waals surface area contributed by atoms with Crippen molar-refractivity contribution < 1.29 is 9.59 Å². The smallest absolute Gasteiger partial charge is 0.243 e. The number of nitrogens with one attached hydrogen (secondary N) is 2. The molecule has 31 heavy (non-hydrogen) atoms. The number of thiazole rings is 1. The Bertz CT molecular complexity index is 1060. The van der Waals surface area contributed by atoms with Crippen LogP contribution in [0, 0.1) is 0 Å². The molecule has 1 aromatic heterocycles. The van der Waals surface area contributed by atoms with Gasteiger partial charge in [-0.3, -0.25) is 9.59 Å². The predicted octanol–water partition coefficient (Wildman–Crippen LogP) is 3.73. The largest absolute Gasteiger partial charge is 0.350 e. The van der Waals surface area contributed by atoms with Gasteiger partial charge in [0.1, 0.15) is 6.04 Å². The van der Waals surface area contributed by atoms with Gasteiger partial charge < -0.3 is 16.4 Å². The summed E-state index contributed by atoms with van der Waals surface area (Å²) in [6, 6.07) is 12.3. The summed E-state index contributed by atoms with van der Waals surface area (Å²) in [6.07, 6.45) is 1.12. The number of rotatable bonds is 9. The zero-order valence-electron chi connectivity index (χ0n) is 17.0. The van der Waals surface area contributed by atoms with E-state index in [1.165, 1.54) is 11.3 Å². The summed E-state index contributed by atoms with van der Waals surface area (Å²) in [5, 5.41) is 7.33. The summed E-state index contributed by atoms with van der Waals surface area (Å²) in [7, 11) is 0. The molecule has 0 spiro atoms. The fourth-order valence-electron chi connectivity index (χ4n) is 3.14. The van der Waals surface area contributed by atoms with Gasteiger partial charge in [-0.2, -0.15) is 0 Å². The third-order valence-electron chi connectivity index (χ3n) is 4.80. The van der Waals surface area contributed by atoms with E-state index in [2.05, 4.69) is 15.6 Å². The van der Waals surface area contributed by atoms with Crippen LogP contribution in [0.25, 0.3) is 10.2 Å². The van der Waals surface area contributed by atoms with E-state index in [4.69, 9.17) is 28.9 Å². The van der Waals surface area contributed by atoms with Gasteiger partial charge in [-0.15, -0.1) is 11.3 Å². The van der Waals surface area contributed by atoms with Gasteiger partial charge in [-0.05, 0) is 24.1 Å². The van der Waals surface area contributed by atoms with Crippen LogP contribution in [0.2, 0.25) is 10.0 Å². The average Bonchev–Trinajstić information content (AvgIpc) is 3.19. The number of aromatic nitrogens is 1. The molecule has 0 fully saturated rings. The molecule has 0 unspecified atom stereocenters. The number of nitrogens with two attached hydrogens (primary N) is 1.